The van der Waals surface area contributed by atoms with Crippen molar-refractivity contribution >= 4 is 11.9 Å². The monoisotopic (exact) mass is 295 g/mol. The number of nitrogens with one attached hydrogen (secondary N) is 1. The second kappa shape index (κ2) is 8.20. The van der Waals surface area contributed by atoms with E-state index in [1.165, 1.54) is 6.92 Å². The van der Waals surface area contributed by atoms with Crippen LogP contribution in [0.15, 0.2) is 12.7 Å². The molecule has 1 fully saturated rings. The molecule has 4 atom stereocenters. The average molecular weight is 295 g/mol. The second-order valence-corrected chi connectivity index (χ2v) is 6.30. The summed E-state index contributed by atoms with van der Waals surface area (Å²) >= 11 is 0. The molecular weight excluding hydrogens is 266 g/mol. The number of carbonyl (C=O) groups is 2. The molecule has 0 radical (unpaired) electrons. The van der Waals surface area contributed by atoms with Crippen LogP contribution >= 0.6 is 0 Å². The molecule has 4 heteroatoms. The quantitative estimate of drug-likeness (QED) is 0.676. The molecule has 0 bridgehead atoms. The maximum absolute atomic E-state index is 11.5. The third kappa shape index (κ3) is 4.87. The van der Waals surface area contributed by atoms with Crippen LogP contribution in [-0.4, -0.2) is 23.0 Å². The van der Waals surface area contributed by atoms with Gasteiger partial charge in [0.15, 0.2) is 0 Å². The summed E-state index contributed by atoms with van der Waals surface area (Å²) in [6.07, 6.45) is 6.24. The van der Waals surface area contributed by atoms with Crippen molar-refractivity contribution in [1.82, 2.24) is 5.32 Å². The van der Waals surface area contributed by atoms with Crippen LogP contribution in [0.1, 0.15) is 52.9 Å². The Labute approximate surface area is 128 Å². The molecule has 1 aliphatic carbocycles. The van der Waals surface area contributed by atoms with E-state index in [0.29, 0.717) is 18.8 Å². The highest BCUT2D eigenvalue weighted by atomic mass is 16.4. The van der Waals surface area contributed by atoms with E-state index in [2.05, 4.69) is 25.7 Å². The molecule has 0 heterocycles. The lowest BCUT2D eigenvalue weighted by Crippen LogP contribution is -2.41. The SMILES string of the molecule is C=C[C@@H]1C[C@H](C(=O)O)CC1[C@H](CC(CC)CC)NC(C)=O. The van der Waals surface area contributed by atoms with Crippen molar-refractivity contribution in [2.45, 2.75) is 58.9 Å². The Hall–Kier alpha value is -1.32. The zero-order valence-corrected chi connectivity index (χ0v) is 13.5. The summed E-state index contributed by atoms with van der Waals surface area (Å²) in [5.74, 6) is -0.140. The number of hydrogen-bond acceptors (Lipinski definition) is 2. The molecule has 0 aromatic carbocycles. The van der Waals surface area contributed by atoms with Crippen LogP contribution in [0.3, 0.4) is 0 Å². The first-order chi connectivity index (χ1) is 9.92. The molecule has 0 spiro atoms. The highest BCUT2D eigenvalue weighted by Crippen LogP contribution is 2.41. The van der Waals surface area contributed by atoms with E-state index >= 15 is 0 Å². The van der Waals surface area contributed by atoms with Gasteiger partial charge in [0.25, 0.3) is 0 Å². The highest BCUT2D eigenvalue weighted by molar-refractivity contribution is 5.73. The number of amides is 1. The standard InChI is InChI=1S/C17H29NO3/c1-5-12(6-2)8-16(18-11(4)19)15-10-14(17(20)21)9-13(15)7-3/h7,12-16H,3,5-6,8-10H2,1-2,4H3,(H,18,19)(H,20,21)/t13-,14+,15?,16+/m1/s1. The molecule has 120 valence electrons. The van der Waals surface area contributed by atoms with Crippen LogP contribution in [-0.2, 0) is 9.59 Å². The minimum absolute atomic E-state index is 0.0347. The number of aliphatic carboxylic acids is 1. The third-order valence-electron chi connectivity index (χ3n) is 4.96. The van der Waals surface area contributed by atoms with Crippen molar-refractivity contribution in [2.24, 2.45) is 23.7 Å². The third-order valence-corrected chi connectivity index (χ3v) is 4.96. The van der Waals surface area contributed by atoms with Gasteiger partial charge in [-0.1, -0.05) is 32.8 Å². The number of hydrogen-bond donors (Lipinski definition) is 2. The van der Waals surface area contributed by atoms with Gasteiger partial charge in [0.1, 0.15) is 0 Å². The molecule has 4 nitrogen and oxygen atoms in total. The Morgan fingerprint density at radius 1 is 1.33 bits per heavy atom. The van der Waals surface area contributed by atoms with Crippen molar-refractivity contribution in [3.05, 3.63) is 12.7 Å². The lowest BCUT2D eigenvalue weighted by atomic mass is 9.82. The predicted octanol–water partition coefficient (Wildman–Crippen LogP) is 3.23. The summed E-state index contributed by atoms with van der Waals surface area (Å²) in [6, 6.07) is 0.0553. The lowest BCUT2D eigenvalue weighted by molar-refractivity contribution is -0.141. The number of carboxylic acid groups (broad SMARTS) is 1. The van der Waals surface area contributed by atoms with E-state index in [-0.39, 0.29) is 29.7 Å². The summed E-state index contributed by atoms with van der Waals surface area (Å²) < 4.78 is 0. The van der Waals surface area contributed by atoms with Gasteiger partial charge in [-0.05, 0) is 37.0 Å². The van der Waals surface area contributed by atoms with Crippen molar-refractivity contribution < 1.29 is 14.7 Å². The van der Waals surface area contributed by atoms with Gasteiger partial charge in [0.2, 0.25) is 5.91 Å². The second-order valence-electron chi connectivity index (χ2n) is 6.30. The van der Waals surface area contributed by atoms with Crippen molar-refractivity contribution in [1.29, 1.82) is 0 Å². The van der Waals surface area contributed by atoms with E-state index in [1.807, 2.05) is 6.08 Å². The van der Waals surface area contributed by atoms with E-state index in [1.54, 1.807) is 0 Å². The number of allylic oxidation sites excluding steroid dienone is 1. The highest BCUT2D eigenvalue weighted by Gasteiger charge is 2.41. The Kier molecular flexibility index (Phi) is 6.93. The smallest absolute Gasteiger partial charge is 0.306 e. The topological polar surface area (TPSA) is 66.4 Å². The molecule has 1 rings (SSSR count). The molecule has 0 aliphatic heterocycles. The normalized spacial score (nSPS) is 26.6. The number of rotatable bonds is 8. The van der Waals surface area contributed by atoms with Crippen LogP contribution in [0.4, 0.5) is 0 Å². The first-order valence-electron chi connectivity index (χ1n) is 8.05. The summed E-state index contributed by atoms with van der Waals surface area (Å²) in [4.78, 5) is 22.8. The van der Waals surface area contributed by atoms with Gasteiger partial charge in [-0.15, -0.1) is 6.58 Å². The molecule has 1 aliphatic rings. The predicted molar refractivity (Wildman–Crippen MR) is 83.8 cm³/mol. The van der Waals surface area contributed by atoms with Crippen LogP contribution in [0.2, 0.25) is 0 Å². The molecule has 0 aromatic heterocycles. The maximum Gasteiger partial charge on any atom is 0.306 e. The fourth-order valence-electron chi connectivity index (χ4n) is 3.62. The first kappa shape index (κ1) is 17.7. The lowest BCUT2D eigenvalue weighted by Gasteiger charge is -2.30. The van der Waals surface area contributed by atoms with Gasteiger partial charge in [-0.2, -0.15) is 0 Å². The number of carboxylic acids is 1. The Morgan fingerprint density at radius 2 is 1.95 bits per heavy atom. The molecule has 21 heavy (non-hydrogen) atoms. The summed E-state index contributed by atoms with van der Waals surface area (Å²) in [5.41, 5.74) is 0. The summed E-state index contributed by atoms with van der Waals surface area (Å²) in [6.45, 7) is 9.73. The minimum Gasteiger partial charge on any atom is -0.481 e. The zero-order chi connectivity index (χ0) is 16.0. The van der Waals surface area contributed by atoms with Gasteiger partial charge in [0.05, 0.1) is 5.92 Å². The van der Waals surface area contributed by atoms with Crippen LogP contribution < -0.4 is 5.32 Å². The first-order valence-corrected chi connectivity index (χ1v) is 8.05. The maximum atomic E-state index is 11.5. The Balaban J connectivity index is 2.87. The Bertz CT molecular complexity index is 376. The average Bonchev–Trinajstić information content (AvgIpc) is 2.87. The van der Waals surface area contributed by atoms with Gasteiger partial charge in [0, 0.05) is 13.0 Å². The molecule has 0 aromatic rings. The fourth-order valence-corrected chi connectivity index (χ4v) is 3.62. The minimum atomic E-state index is -0.728. The van der Waals surface area contributed by atoms with Gasteiger partial charge in [-0.3, -0.25) is 9.59 Å². The van der Waals surface area contributed by atoms with Crippen molar-refractivity contribution in [2.75, 3.05) is 0 Å². The van der Waals surface area contributed by atoms with Crippen molar-refractivity contribution in [3.8, 4) is 0 Å². The molecular formula is C17H29NO3. The Morgan fingerprint density at radius 3 is 2.38 bits per heavy atom. The summed E-state index contributed by atoms with van der Waals surface area (Å²) in [7, 11) is 0. The zero-order valence-electron chi connectivity index (χ0n) is 13.5. The number of carbonyl (C=O) groups excluding carboxylic acids is 1. The molecule has 1 saturated carbocycles. The van der Waals surface area contributed by atoms with Crippen LogP contribution in [0.5, 0.6) is 0 Å². The van der Waals surface area contributed by atoms with Crippen molar-refractivity contribution in [3.63, 3.8) is 0 Å². The largest absolute Gasteiger partial charge is 0.481 e. The van der Waals surface area contributed by atoms with E-state index < -0.39 is 5.97 Å². The molecule has 1 amide bonds. The van der Waals surface area contributed by atoms with Crippen LogP contribution in [0, 0.1) is 23.7 Å². The van der Waals surface area contributed by atoms with Gasteiger partial charge >= 0.3 is 5.97 Å². The molecule has 1 unspecified atom stereocenters. The fraction of sp³-hybridized carbons (Fsp3) is 0.765. The summed E-state index contributed by atoms with van der Waals surface area (Å²) in [5, 5.41) is 12.3. The van der Waals surface area contributed by atoms with E-state index in [4.69, 9.17) is 0 Å². The van der Waals surface area contributed by atoms with Gasteiger partial charge < -0.3 is 10.4 Å². The van der Waals surface area contributed by atoms with Crippen LogP contribution in [0.25, 0.3) is 0 Å². The molecule has 0 saturated heterocycles. The molecule has 2 N–H and O–H groups in total. The van der Waals surface area contributed by atoms with Gasteiger partial charge in [-0.25, -0.2) is 0 Å². The van der Waals surface area contributed by atoms with E-state index in [9.17, 15) is 14.7 Å². The van der Waals surface area contributed by atoms with E-state index in [0.717, 1.165) is 19.3 Å².